The number of hydrogen-bond acceptors (Lipinski definition) is 2. The SMILES string of the molecule is O=C(c1ccccc1Cc1ccccc1)N1CCC(c2ccc(O)cc2)CC1. The van der Waals surface area contributed by atoms with E-state index in [0.717, 1.165) is 43.5 Å². The van der Waals surface area contributed by atoms with E-state index >= 15 is 0 Å². The molecular weight excluding hydrogens is 346 g/mol. The third kappa shape index (κ3) is 4.09. The summed E-state index contributed by atoms with van der Waals surface area (Å²) in [6.07, 6.45) is 2.68. The Morgan fingerprint density at radius 1 is 0.857 bits per heavy atom. The lowest BCUT2D eigenvalue weighted by atomic mass is 9.89. The summed E-state index contributed by atoms with van der Waals surface area (Å²) >= 11 is 0. The molecule has 1 aliphatic heterocycles. The minimum absolute atomic E-state index is 0.135. The van der Waals surface area contributed by atoms with E-state index in [1.165, 1.54) is 11.1 Å². The van der Waals surface area contributed by atoms with Gasteiger partial charge in [-0.25, -0.2) is 0 Å². The van der Waals surface area contributed by atoms with Crippen molar-refractivity contribution in [3.05, 3.63) is 101 Å². The van der Waals surface area contributed by atoms with Crippen LogP contribution in [0.2, 0.25) is 0 Å². The second-order valence-corrected chi connectivity index (χ2v) is 7.48. The fraction of sp³-hybridized carbons (Fsp3) is 0.240. The molecule has 0 radical (unpaired) electrons. The Bertz CT molecular complexity index is 926. The Hall–Kier alpha value is -3.07. The van der Waals surface area contributed by atoms with Crippen LogP contribution < -0.4 is 0 Å². The Balaban J connectivity index is 1.45. The molecule has 142 valence electrons. The molecule has 28 heavy (non-hydrogen) atoms. The summed E-state index contributed by atoms with van der Waals surface area (Å²) in [7, 11) is 0. The highest BCUT2D eigenvalue weighted by atomic mass is 16.3. The molecule has 0 saturated carbocycles. The number of phenols is 1. The maximum absolute atomic E-state index is 13.2. The van der Waals surface area contributed by atoms with Crippen LogP contribution in [0.25, 0.3) is 0 Å². The van der Waals surface area contributed by atoms with Crippen LogP contribution in [-0.2, 0) is 6.42 Å². The number of piperidine rings is 1. The number of likely N-dealkylation sites (tertiary alicyclic amines) is 1. The molecule has 0 bridgehead atoms. The summed E-state index contributed by atoms with van der Waals surface area (Å²) < 4.78 is 0. The van der Waals surface area contributed by atoms with Crippen molar-refractivity contribution in [1.29, 1.82) is 0 Å². The van der Waals surface area contributed by atoms with Gasteiger partial charge in [-0.3, -0.25) is 4.79 Å². The third-order valence-electron chi connectivity index (χ3n) is 5.63. The molecule has 0 atom stereocenters. The van der Waals surface area contributed by atoms with Gasteiger partial charge in [-0.2, -0.15) is 0 Å². The van der Waals surface area contributed by atoms with Crippen molar-refractivity contribution in [3.8, 4) is 5.75 Å². The molecule has 3 aromatic carbocycles. The standard InChI is InChI=1S/C25H25NO2/c27-23-12-10-20(11-13-23)21-14-16-26(17-15-21)25(28)24-9-5-4-8-22(24)18-19-6-2-1-3-7-19/h1-13,21,27H,14-18H2. The molecule has 0 unspecified atom stereocenters. The number of phenolic OH excluding ortho intramolecular Hbond substituents is 1. The zero-order valence-electron chi connectivity index (χ0n) is 15.9. The molecule has 3 aromatic rings. The van der Waals surface area contributed by atoms with Crippen molar-refractivity contribution in [2.24, 2.45) is 0 Å². The Morgan fingerprint density at radius 3 is 2.21 bits per heavy atom. The second-order valence-electron chi connectivity index (χ2n) is 7.48. The van der Waals surface area contributed by atoms with E-state index in [1.54, 1.807) is 12.1 Å². The first kappa shape index (κ1) is 18.3. The lowest BCUT2D eigenvalue weighted by Crippen LogP contribution is -2.38. The van der Waals surface area contributed by atoms with E-state index in [0.29, 0.717) is 11.7 Å². The minimum atomic E-state index is 0.135. The first-order valence-electron chi connectivity index (χ1n) is 9.91. The number of nitrogens with zero attached hydrogens (tertiary/aromatic N) is 1. The summed E-state index contributed by atoms with van der Waals surface area (Å²) in [6, 6.07) is 25.7. The second kappa shape index (κ2) is 8.30. The van der Waals surface area contributed by atoms with Gasteiger partial charge in [-0.15, -0.1) is 0 Å². The summed E-state index contributed by atoms with van der Waals surface area (Å²) in [5.41, 5.74) is 4.36. The molecule has 3 nitrogen and oxygen atoms in total. The molecule has 1 saturated heterocycles. The number of carbonyl (C=O) groups excluding carboxylic acids is 1. The zero-order valence-corrected chi connectivity index (χ0v) is 15.9. The Morgan fingerprint density at radius 2 is 1.50 bits per heavy atom. The molecule has 0 aromatic heterocycles. The van der Waals surface area contributed by atoms with E-state index in [4.69, 9.17) is 0 Å². The molecule has 1 fully saturated rings. The van der Waals surface area contributed by atoms with Gasteiger partial charge in [0, 0.05) is 18.7 Å². The van der Waals surface area contributed by atoms with Crippen molar-refractivity contribution in [2.45, 2.75) is 25.2 Å². The minimum Gasteiger partial charge on any atom is -0.508 e. The molecule has 0 aliphatic carbocycles. The molecule has 1 aliphatic rings. The summed E-state index contributed by atoms with van der Waals surface area (Å²) in [5, 5.41) is 9.47. The number of benzene rings is 3. The van der Waals surface area contributed by atoms with Crippen LogP contribution in [0, 0.1) is 0 Å². The summed E-state index contributed by atoms with van der Waals surface area (Å²) in [4.78, 5) is 15.2. The first-order valence-corrected chi connectivity index (χ1v) is 9.91. The maximum atomic E-state index is 13.2. The molecule has 4 rings (SSSR count). The van der Waals surface area contributed by atoms with Gasteiger partial charge < -0.3 is 10.0 Å². The summed E-state index contributed by atoms with van der Waals surface area (Å²) in [5.74, 6) is 0.881. The van der Waals surface area contributed by atoms with Crippen LogP contribution >= 0.6 is 0 Å². The maximum Gasteiger partial charge on any atom is 0.254 e. The molecular formula is C25H25NO2. The molecule has 3 heteroatoms. The lowest BCUT2D eigenvalue weighted by Gasteiger charge is -2.32. The quantitative estimate of drug-likeness (QED) is 0.701. The number of rotatable bonds is 4. The van der Waals surface area contributed by atoms with Crippen LogP contribution in [0.1, 0.15) is 45.8 Å². The van der Waals surface area contributed by atoms with Crippen molar-refractivity contribution in [2.75, 3.05) is 13.1 Å². The van der Waals surface area contributed by atoms with Crippen molar-refractivity contribution in [3.63, 3.8) is 0 Å². The normalized spacial score (nSPS) is 14.8. The average Bonchev–Trinajstić information content (AvgIpc) is 2.75. The van der Waals surface area contributed by atoms with E-state index in [-0.39, 0.29) is 5.91 Å². The highest BCUT2D eigenvalue weighted by Gasteiger charge is 2.25. The van der Waals surface area contributed by atoms with Gasteiger partial charge in [-0.05, 0) is 60.1 Å². The van der Waals surface area contributed by atoms with Gasteiger partial charge in [0.2, 0.25) is 0 Å². The van der Waals surface area contributed by atoms with E-state index in [9.17, 15) is 9.90 Å². The van der Waals surface area contributed by atoms with Gasteiger partial charge >= 0.3 is 0 Å². The van der Waals surface area contributed by atoms with Crippen molar-refractivity contribution < 1.29 is 9.90 Å². The predicted octanol–water partition coefficient (Wildman–Crippen LogP) is 5.00. The Labute approximate surface area is 166 Å². The molecule has 0 spiro atoms. The van der Waals surface area contributed by atoms with Crippen LogP contribution in [-0.4, -0.2) is 29.0 Å². The number of amides is 1. The zero-order chi connectivity index (χ0) is 19.3. The van der Waals surface area contributed by atoms with Crippen LogP contribution in [0.4, 0.5) is 0 Å². The van der Waals surface area contributed by atoms with Gasteiger partial charge in [0.1, 0.15) is 5.75 Å². The Kier molecular flexibility index (Phi) is 5.43. The predicted molar refractivity (Wildman–Crippen MR) is 112 cm³/mol. The van der Waals surface area contributed by atoms with E-state index in [1.807, 2.05) is 53.4 Å². The highest BCUT2D eigenvalue weighted by molar-refractivity contribution is 5.95. The fourth-order valence-corrected chi connectivity index (χ4v) is 4.03. The topological polar surface area (TPSA) is 40.5 Å². The van der Waals surface area contributed by atoms with Gasteiger partial charge in [0.25, 0.3) is 5.91 Å². The smallest absolute Gasteiger partial charge is 0.254 e. The third-order valence-corrected chi connectivity index (χ3v) is 5.63. The highest BCUT2D eigenvalue weighted by Crippen LogP contribution is 2.30. The first-order chi connectivity index (χ1) is 13.7. The monoisotopic (exact) mass is 371 g/mol. The average molecular weight is 371 g/mol. The van der Waals surface area contributed by atoms with Crippen molar-refractivity contribution >= 4 is 5.91 Å². The van der Waals surface area contributed by atoms with Crippen molar-refractivity contribution in [1.82, 2.24) is 4.90 Å². The molecule has 1 heterocycles. The van der Waals surface area contributed by atoms with Gasteiger partial charge in [-0.1, -0.05) is 60.7 Å². The van der Waals surface area contributed by atoms with Crippen LogP contribution in [0.5, 0.6) is 5.75 Å². The number of carbonyl (C=O) groups is 1. The van der Waals surface area contributed by atoms with Gasteiger partial charge in [0.05, 0.1) is 0 Å². The van der Waals surface area contributed by atoms with Gasteiger partial charge in [0.15, 0.2) is 0 Å². The number of hydrogen-bond donors (Lipinski definition) is 1. The summed E-state index contributed by atoms with van der Waals surface area (Å²) in [6.45, 7) is 1.54. The van der Waals surface area contributed by atoms with Crippen LogP contribution in [0.15, 0.2) is 78.9 Å². The van der Waals surface area contributed by atoms with E-state index < -0.39 is 0 Å². The molecule has 1 N–H and O–H groups in total. The largest absolute Gasteiger partial charge is 0.508 e. The van der Waals surface area contributed by atoms with Crippen LogP contribution in [0.3, 0.4) is 0 Å². The van der Waals surface area contributed by atoms with E-state index in [2.05, 4.69) is 18.2 Å². The molecule has 1 amide bonds. The lowest BCUT2D eigenvalue weighted by molar-refractivity contribution is 0.0712. The number of aromatic hydroxyl groups is 1. The fourth-order valence-electron chi connectivity index (χ4n) is 4.03.